The van der Waals surface area contributed by atoms with Crippen molar-refractivity contribution in [2.24, 2.45) is 5.92 Å². The third-order valence-corrected chi connectivity index (χ3v) is 4.37. The van der Waals surface area contributed by atoms with Crippen LogP contribution >= 0.6 is 0 Å². The Bertz CT molecular complexity index is 453. The lowest BCUT2D eigenvalue weighted by Crippen LogP contribution is -2.26. The molecule has 0 saturated carbocycles. The molecule has 128 valence electrons. The summed E-state index contributed by atoms with van der Waals surface area (Å²) in [6.45, 7) is 5.82. The molecule has 4 nitrogen and oxygen atoms in total. The quantitative estimate of drug-likeness (QED) is 0.652. The van der Waals surface area contributed by atoms with Crippen LogP contribution in [-0.4, -0.2) is 32.1 Å². The maximum Gasteiger partial charge on any atom is 0.220 e. The third kappa shape index (κ3) is 7.04. The molecule has 1 amide bonds. The van der Waals surface area contributed by atoms with Gasteiger partial charge in [0.05, 0.1) is 6.61 Å². The Hall–Kier alpha value is -1.55. The summed E-state index contributed by atoms with van der Waals surface area (Å²) in [7, 11) is 0. The van der Waals surface area contributed by atoms with Gasteiger partial charge in [-0.1, -0.05) is 25.5 Å². The van der Waals surface area contributed by atoms with Gasteiger partial charge in [-0.15, -0.1) is 0 Å². The number of nitrogens with one attached hydrogen (secondary N) is 2. The monoisotopic (exact) mass is 318 g/mol. The van der Waals surface area contributed by atoms with E-state index < -0.39 is 0 Å². The number of benzene rings is 1. The highest BCUT2D eigenvalue weighted by Crippen LogP contribution is 2.14. The number of ether oxygens (including phenoxy) is 1. The lowest BCUT2D eigenvalue weighted by atomic mass is 10.0. The normalized spacial score (nSPS) is 17.2. The van der Waals surface area contributed by atoms with Gasteiger partial charge >= 0.3 is 0 Å². The molecule has 0 spiro atoms. The van der Waals surface area contributed by atoms with E-state index in [9.17, 15) is 4.79 Å². The number of carbonyl (C=O) groups is 1. The molecule has 0 aliphatic carbocycles. The van der Waals surface area contributed by atoms with Gasteiger partial charge in [-0.05, 0) is 62.4 Å². The first-order chi connectivity index (χ1) is 11.3. The van der Waals surface area contributed by atoms with Crippen molar-refractivity contribution in [2.45, 2.75) is 45.4 Å². The molecule has 1 aromatic carbocycles. The predicted octanol–water partition coefficient (Wildman–Crippen LogP) is 2.91. The molecule has 0 radical (unpaired) electrons. The standard InChI is InChI=1S/C19H30N2O2/c1-2-3-14-23-18-7-4-16(5-8-18)11-13-21-19(22)9-6-17-10-12-20-15-17/h4-5,7-8,17,20H,2-3,6,9-15H2,1H3,(H,21,22). The highest BCUT2D eigenvalue weighted by Gasteiger charge is 2.15. The summed E-state index contributed by atoms with van der Waals surface area (Å²) < 4.78 is 5.65. The first-order valence-electron chi connectivity index (χ1n) is 8.97. The van der Waals surface area contributed by atoms with Crippen LogP contribution in [-0.2, 0) is 11.2 Å². The van der Waals surface area contributed by atoms with Crippen molar-refractivity contribution >= 4 is 5.91 Å². The summed E-state index contributed by atoms with van der Waals surface area (Å²) in [5.74, 6) is 1.79. The largest absolute Gasteiger partial charge is 0.494 e. The van der Waals surface area contributed by atoms with Gasteiger partial charge in [0.2, 0.25) is 5.91 Å². The zero-order valence-corrected chi connectivity index (χ0v) is 14.3. The van der Waals surface area contributed by atoms with Gasteiger partial charge in [-0.2, -0.15) is 0 Å². The maximum atomic E-state index is 11.8. The van der Waals surface area contributed by atoms with E-state index >= 15 is 0 Å². The molecule has 2 N–H and O–H groups in total. The molecule has 1 heterocycles. The molecule has 1 aliphatic heterocycles. The molecular formula is C19H30N2O2. The Morgan fingerprint density at radius 3 is 2.87 bits per heavy atom. The summed E-state index contributed by atoms with van der Waals surface area (Å²) in [5, 5.41) is 6.36. The van der Waals surface area contributed by atoms with Crippen molar-refractivity contribution in [1.82, 2.24) is 10.6 Å². The zero-order valence-electron chi connectivity index (χ0n) is 14.3. The van der Waals surface area contributed by atoms with Crippen molar-refractivity contribution in [3.05, 3.63) is 29.8 Å². The number of rotatable bonds is 10. The van der Waals surface area contributed by atoms with Gasteiger partial charge < -0.3 is 15.4 Å². The van der Waals surface area contributed by atoms with E-state index in [1.165, 1.54) is 12.0 Å². The maximum absolute atomic E-state index is 11.8. The molecule has 1 fully saturated rings. The Balaban J connectivity index is 1.58. The summed E-state index contributed by atoms with van der Waals surface area (Å²) in [5.41, 5.74) is 1.23. The van der Waals surface area contributed by atoms with Crippen LogP contribution in [0.15, 0.2) is 24.3 Å². The summed E-state index contributed by atoms with van der Waals surface area (Å²) in [6, 6.07) is 8.19. The van der Waals surface area contributed by atoms with Crippen LogP contribution in [0.3, 0.4) is 0 Å². The average Bonchev–Trinajstić information content (AvgIpc) is 3.08. The summed E-state index contributed by atoms with van der Waals surface area (Å²) in [6.07, 6.45) is 5.96. The summed E-state index contributed by atoms with van der Waals surface area (Å²) in [4.78, 5) is 11.8. The first kappa shape index (κ1) is 17.8. The number of hydrogen-bond donors (Lipinski definition) is 2. The van der Waals surface area contributed by atoms with E-state index in [1.54, 1.807) is 0 Å². The van der Waals surface area contributed by atoms with E-state index in [4.69, 9.17) is 4.74 Å². The van der Waals surface area contributed by atoms with Crippen LogP contribution in [0.25, 0.3) is 0 Å². The lowest BCUT2D eigenvalue weighted by molar-refractivity contribution is -0.121. The molecule has 0 aromatic heterocycles. The fourth-order valence-electron chi connectivity index (χ4n) is 2.82. The molecule has 23 heavy (non-hydrogen) atoms. The van der Waals surface area contributed by atoms with Crippen molar-refractivity contribution in [2.75, 3.05) is 26.2 Å². The van der Waals surface area contributed by atoms with Gasteiger partial charge in [-0.25, -0.2) is 0 Å². The fourth-order valence-corrected chi connectivity index (χ4v) is 2.82. The molecule has 2 rings (SSSR count). The Morgan fingerprint density at radius 2 is 2.17 bits per heavy atom. The smallest absolute Gasteiger partial charge is 0.220 e. The number of unbranched alkanes of at least 4 members (excludes halogenated alkanes) is 1. The van der Waals surface area contributed by atoms with Crippen LogP contribution in [0.1, 0.15) is 44.6 Å². The van der Waals surface area contributed by atoms with Gasteiger partial charge in [-0.3, -0.25) is 4.79 Å². The average molecular weight is 318 g/mol. The van der Waals surface area contributed by atoms with Crippen LogP contribution in [0.5, 0.6) is 5.75 Å². The minimum Gasteiger partial charge on any atom is -0.494 e. The minimum atomic E-state index is 0.177. The van der Waals surface area contributed by atoms with Gasteiger partial charge in [0.1, 0.15) is 5.75 Å². The molecule has 4 heteroatoms. The van der Waals surface area contributed by atoms with E-state index in [-0.39, 0.29) is 5.91 Å². The van der Waals surface area contributed by atoms with E-state index in [0.717, 1.165) is 51.1 Å². The second-order valence-corrected chi connectivity index (χ2v) is 6.34. The molecule has 1 unspecified atom stereocenters. The SMILES string of the molecule is CCCCOc1ccc(CCNC(=O)CCC2CCNC2)cc1. The summed E-state index contributed by atoms with van der Waals surface area (Å²) >= 11 is 0. The highest BCUT2D eigenvalue weighted by atomic mass is 16.5. The van der Waals surface area contributed by atoms with Crippen molar-refractivity contribution in [3.63, 3.8) is 0 Å². The third-order valence-electron chi connectivity index (χ3n) is 4.37. The fraction of sp³-hybridized carbons (Fsp3) is 0.632. The zero-order chi connectivity index (χ0) is 16.3. The Labute approximate surface area is 140 Å². The molecule has 1 aromatic rings. The van der Waals surface area contributed by atoms with Crippen LogP contribution in [0.4, 0.5) is 0 Å². The minimum absolute atomic E-state index is 0.177. The second kappa shape index (κ2) is 10.3. The van der Waals surface area contributed by atoms with Crippen molar-refractivity contribution in [1.29, 1.82) is 0 Å². The van der Waals surface area contributed by atoms with E-state index in [1.807, 2.05) is 12.1 Å². The first-order valence-corrected chi connectivity index (χ1v) is 8.97. The van der Waals surface area contributed by atoms with E-state index in [2.05, 4.69) is 29.7 Å². The Kier molecular flexibility index (Phi) is 7.95. The number of carbonyl (C=O) groups excluding carboxylic acids is 1. The van der Waals surface area contributed by atoms with Crippen LogP contribution in [0, 0.1) is 5.92 Å². The molecule has 1 aliphatic rings. The number of amides is 1. The van der Waals surface area contributed by atoms with Gasteiger partial charge in [0.25, 0.3) is 0 Å². The molecule has 1 saturated heterocycles. The lowest BCUT2D eigenvalue weighted by Gasteiger charge is -2.09. The number of hydrogen-bond acceptors (Lipinski definition) is 3. The molecule has 1 atom stereocenters. The van der Waals surface area contributed by atoms with Crippen molar-refractivity contribution < 1.29 is 9.53 Å². The van der Waals surface area contributed by atoms with Gasteiger partial charge in [0.15, 0.2) is 0 Å². The topological polar surface area (TPSA) is 50.4 Å². The Morgan fingerprint density at radius 1 is 1.35 bits per heavy atom. The highest BCUT2D eigenvalue weighted by molar-refractivity contribution is 5.75. The predicted molar refractivity (Wildman–Crippen MR) is 93.8 cm³/mol. The molecule has 0 bridgehead atoms. The van der Waals surface area contributed by atoms with Crippen LogP contribution in [0.2, 0.25) is 0 Å². The van der Waals surface area contributed by atoms with Gasteiger partial charge in [0, 0.05) is 13.0 Å². The second-order valence-electron chi connectivity index (χ2n) is 6.34. The molecular weight excluding hydrogens is 288 g/mol. The van der Waals surface area contributed by atoms with E-state index in [0.29, 0.717) is 18.9 Å². The van der Waals surface area contributed by atoms with Crippen LogP contribution < -0.4 is 15.4 Å². The van der Waals surface area contributed by atoms with Crippen molar-refractivity contribution in [3.8, 4) is 5.75 Å².